The van der Waals surface area contributed by atoms with Crippen LogP contribution in [0, 0.1) is 0 Å². The van der Waals surface area contributed by atoms with Crippen molar-refractivity contribution in [3.63, 3.8) is 0 Å². The molecule has 3 heterocycles. The maximum absolute atomic E-state index is 12.9. The fourth-order valence-electron chi connectivity index (χ4n) is 3.37. The zero-order valence-electron chi connectivity index (χ0n) is 15.2. The Morgan fingerprint density at radius 3 is 2.55 bits per heavy atom. The second-order valence-corrected chi connectivity index (χ2v) is 7.25. The zero-order chi connectivity index (χ0) is 20.6. The monoisotopic (exact) mass is 423 g/mol. The summed E-state index contributed by atoms with van der Waals surface area (Å²) in [4.78, 5) is 16.2. The summed E-state index contributed by atoms with van der Waals surface area (Å²) in [6, 6.07) is 8.40. The molecule has 0 saturated carbocycles. The lowest BCUT2D eigenvalue weighted by atomic mass is 10.1. The number of pyridine rings is 1. The SMILES string of the molecule is O=C(Cc1cccc(C(F)(F)F)c1)N1CCN(c2nnc3ccc(Cl)cn23)CC1. The predicted molar refractivity (Wildman–Crippen MR) is 102 cm³/mol. The Labute approximate surface area is 169 Å². The van der Waals surface area contributed by atoms with Crippen LogP contribution in [0.4, 0.5) is 19.1 Å². The second-order valence-electron chi connectivity index (χ2n) is 6.82. The standard InChI is InChI=1S/C19H17ClF3N5O/c20-15-4-5-16-24-25-18(28(16)12-15)27-8-6-26(7-9-27)17(29)11-13-2-1-3-14(10-13)19(21,22)23/h1-5,10,12H,6-9,11H2. The third-order valence-electron chi connectivity index (χ3n) is 4.87. The number of carbonyl (C=O) groups is 1. The molecular formula is C19H17ClF3N5O. The van der Waals surface area contributed by atoms with Gasteiger partial charge in [0.25, 0.3) is 0 Å². The van der Waals surface area contributed by atoms with Crippen molar-refractivity contribution < 1.29 is 18.0 Å². The van der Waals surface area contributed by atoms with Crippen molar-refractivity contribution in [3.8, 4) is 0 Å². The topological polar surface area (TPSA) is 53.7 Å². The first kappa shape index (κ1) is 19.5. The number of carbonyl (C=O) groups excluding carboxylic acids is 1. The Morgan fingerprint density at radius 1 is 1.07 bits per heavy atom. The largest absolute Gasteiger partial charge is 0.416 e. The quantitative estimate of drug-likeness (QED) is 0.648. The van der Waals surface area contributed by atoms with Crippen LogP contribution in [0.15, 0.2) is 42.6 Å². The van der Waals surface area contributed by atoms with E-state index in [1.807, 2.05) is 4.90 Å². The number of anilines is 1. The average Bonchev–Trinajstić information content (AvgIpc) is 3.10. The maximum Gasteiger partial charge on any atom is 0.416 e. The number of benzene rings is 1. The lowest BCUT2D eigenvalue weighted by Crippen LogP contribution is -2.49. The van der Waals surface area contributed by atoms with E-state index >= 15 is 0 Å². The van der Waals surface area contributed by atoms with Crippen molar-refractivity contribution in [2.24, 2.45) is 0 Å². The summed E-state index contributed by atoms with van der Waals surface area (Å²) < 4.78 is 40.3. The third kappa shape index (κ3) is 4.14. The van der Waals surface area contributed by atoms with Gasteiger partial charge in [-0.3, -0.25) is 9.20 Å². The molecular weight excluding hydrogens is 407 g/mol. The van der Waals surface area contributed by atoms with E-state index in [0.717, 1.165) is 12.1 Å². The van der Waals surface area contributed by atoms with Crippen LogP contribution in [-0.2, 0) is 17.4 Å². The molecule has 1 amide bonds. The van der Waals surface area contributed by atoms with E-state index < -0.39 is 11.7 Å². The molecule has 1 aromatic carbocycles. The van der Waals surface area contributed by atoms with E-state index in [0.29, 0.717) is 48.4 Å². The number of amides is 1. The van der Waals surface area contributed by atoms with E-state index in [1.54, 1.807) is 27.6 Å². The highest BCUT2D eigenvalue weighted by atomic mass is 35.5. The highest BCUT2D eigenvalue weighted by molar-refractivity contribution is 6.30. The molecule has 0 radical (unpaired) electrons. The van der Waals surface area contributed by atoms with Crippen LogP contribution in [0.25, 0.3) is 5.65 Å². The first-order valence-electron chi connectivity index (χ1n) is 9.00. The normalized spacial score (nSPS) is 15.2. The molecule has 0 spiro atoms. The molecule has 1 fully saturated rings. The summed E-state index contributed by atoms with van der Waals surface area (Å²) in [5, 5.41) is 8.88. The number of hydrogen-bond acceptors (Lipinski definition) is 4. The number of halogens is 4. The van der Waals surface area contributed by atoms with Gasteiger partial charge >= 0.3 is 6.18 Å². The van der Waals surface area contributed by atoms with Crippen molar-refractivity contribution in [3.05, 3.63) is 58.7 Å². The summed E-state index contributed by atoms with van der Waals surface area (Å²) in [7, 11) is 0. The Hall–Kier alpha value is -2.81. The number of fused-ring (bicyclic) bond motifs is 1. The van der Waals surface area contributed by atoms with Crippen LogP contribution in [0.2, 0.25) is 5.02 Å². The second kappa shape index (κ2) is 7.55. The molecule has 2 aromatic heterocycles. The number of hydrogen-bond donors (Lipinski definition) is 0. The van der Waals surface area contributed by atoms with Gasteiger partial charge in [0.2, 0.25) is 11.9 Å². The molecule has 0 unspecified atom stereocenters. The van der Waals surface area contributed by atoms with E-state index in [-0.39, 0.29) is 12.3 Å². The summed E-state index contributed by atoms with van der Waals surface area (Å²) in [5.41, 5.74) is 0.280. The van der Waals surface area contributed by atoms with Gasteiger partial charge in [-0.2, -0.15) is 13.2 Å². The molecule has 1 aliphatic heterocycles. The predicted octanol–water partition coefficient (Wildman–Crippen LogP) is 3.29. The Bertz CT molecular complexity index is 1040. The van der Waals surface area contributed by atoms with Crippen LogP contribution >= 0.6 is 11.6 Å². The van der Waals surface area contributed by atoms with Gasteiger partial charge in [0.1, 0.15) is 0 Å². The molecule has 1 aliphatic rings. The number of rotatable bonds is 3. The minimum absolute atomic E-state index is 0.0621. The lowest BCUT2D eigenvalue weighted by molar-refractivity contribution is -0.138. The summed E-state index contributed by atoms with van der Waals surface area (Å²) in [6.45, 7) is 1.99. The van der Waals surface area contributed by atoms with E-state index in [1.165, 1.54) is 12.1 Å². The fourth-order valence-corrected chi connectivity index (χ4v) is 3.53. The van der Waals surface area contributed by atoms with Crippen molar-refractivity contribution in [2.45, 2.75) is 12.6 Å². The molecule has 0 atom stereocenters. The van der Waals surface area contributed by atoms with Crippen molar-refractivity contribution in [1.29, 1.82) is 0 Å². The van der Waals surface area contributed by atoms with Gasteiger partial charge in [0.15, 0.2) is 5.65 Å². The van der Waals surface area contributed by atoms with Crippen LogP contribution in [0.5, 0.6) is 0 Å². The molecule has 1 saturated heterocycles. The summed E-state index contributed by atoms with van der Waals surface area (Å²) >= 11 is 6.05. The fraction of sp³-hybridized carbons (Fsp3) is 0.316. The van der Waals surface area contributed by atoms with Crippen LogP contribution in [-0.4, -0.2) is 51.6 Å². The van der Waals surface area contributed by atoms with Crippen LogP contribution in [0.3, 0.4) is 0 Å². The van der Waals surface area contributed by atoms with Gasteiger partial charge in [0.05, 0.1) is 17.0 Å². The highest BCUT2D eigenvalue weighted by Gasteiger charge is 2.31. The molecule has 0 N–H and O–H groups in total. The minimum Gasteiger partial charge on any atom is -0.339 e. The van der Waals surface area contributed by atoms with Crippen LogP contribution in [0.1, 0.15) is 11.1 Å². The summed E-state index contributed by atoms with van der Waals surface area (Å²) in [6.07, 6.45) is -2.75. The third-order valence-corrected chi connectivity index (χ3v) is 5.10. The molecule has 152 valence electrons. The lowest BCUT2D eigenvalue weighted by Gasteiger charge is -2.34. The van der Waals surface area contributed by atoms with Gasteiger partial charge in [0, 0.05) is 32.4 Å². The molecule has 6 nitrogen and oxygen atoms in total. The Balaban J connectivity index is 1.40. The van der Waals surface area contributed by atoms with Gasteiger partial charge in [-0.25, -0.2) is 0 Å². The van der Waals surface area contributed by atoms with Gasteiger partial charge in [-0.05, 0) is 23.8 Å². The minimum atomic E-state index is -4.42. The highest BCUT2D eigenvalue weighted by Crippen LogP contribution is 2.29. The van der Waals surface area contributed by atoms with Crippen LogP contribution < -0.4 is 4.90 Å². The molecule has 3 aromatic rings. The number of nitrogens with zero attached hydrogens (tertiary/aromatic N) is 5. The molecule has 29 heavy (non-hydrogen) atoms. The Morgan fingerprint density at radius 2 is 1.83 bits per heavy atom. The molecule has 10 heteroatoms. The van der Waals surface area contributed by atoms with E-state index in [4.69, 9.17) is 11.6 Å². The number of piperazine rings is 1. The van der Waals surface area contributed by atoms with Crippen molar-refractivity contribution >= 4 is 29.1 Å². The zero-order valence-corrected chi connectivity index (χ0v) is 16.0. The molecule has 0 bridgehead atoms. The van der Waals surface area contributed by atoms with Gasteiger partial charge in [-0.15, -0.1) is 10.2 Å². The molecule has 4 rings (SSSR count). The van der Waals surface area contributed by atoms with Crippen molar-refractivity contribution in [2.75, 3.05) is 31.1 Å². The van der Waals surface area contributed by atoms with E-state index in [9.17, 15) is 18.0 Å². The average molecular weight is 424 g/mol. The molecule has 0 aliphatic carbocycles. The number of aromatic nitrogens is 3. The first-order valence-corrected chi connectivity index (χ1v) is 9.38. The number of alkyl halides is 3. The summed E-state index contributed by atoms with van der Waals surface area (Å²) in [5.74, 6) is 0.450. The maximum atomic E-state index is 12.9. The van der Waals surface area contributed by atoms with Gasteiger partial charge < -0.3 is 9.80 Å². The smallest absolute Gasteiger partial charge is 0.339 e. The first-order chi connectivity index (χ1) is 13.8. The van der Waals surface area contributed by atoms with E-state index in [2.05, 4.69) is 10.2 Å². The van der Waals surface area contributed by atoms with Crippen molar-refractivity contribution in [1.82, 2.24) is 19.5 Å². The Kier molecular flexibility index (Phi) is 5.08. The van der Waals surface area contributed by atoms with Gasteiger partial charge in [-0.1, -0.05) is 29.8 Å².